The van der Waals surface area contributed by atoms with Gasteiger partial charge in [0.15, 0.2) is 0 Å². The molecule has 0 heterocycles. The Hall–Kier alpha value is -1.58. The number of ether oxygens (including phenoxy) is 1. The highest BCUT2D eigenvalue weighted by Crippen LogP contribution is 2.24. The predicted molar refractivity (Wildman–Crippen MR) is 84.6 cm³/mol. The van der Waals surface area contributed by atoms with Gasteiger partial charge < -0.3 is 10.1 Å². The number of aryl methyl sites for hydroxylation is 1. The Balaban J connectivity index is 1.83. The molecule has 2 aromatic carbocycles. The molecule has 0 spiro atoms. The van der Waals surface area contributed by atoms with Crippen LogP contribution in [0.5, 0.6) is 5.75 Å². The molecule has 0 aromatic heterocycles. The lowest BCUT2D eigenvalue weighted by molar-refractivity contribution is 0.415. The molecule has 0 amide bonds. The summed E-state index contributed by atoms with van der Waals surface area (Å²) in [4.78, 5) is 0. The Morgan fingerprint density at radius 3 is 2.67 bits per heavy atom. The van der Waals surface area contributed by atoms with Crippen molar-refractivity contribution in [1.29, 1.82) is 0 Å². The van der Waals surface area contributed by atoms with Crippen LogP contribution in [0.25, 0.3) is 0 Å². The standard InChI is InChI=1S/C17H19ClFNO/c1-12-9-15(19)5-4-14(12)7-8-20-11-13-3-6-17(21-2)16(18)10-13/h3-6,9-10,20H,7-8,11H2,1-2H3. The number of rotatable bonds is 6. The zero-order valence-electron chi connectivity index (χ0n) is 12.2. The molecule has 21 heavy (non-hydrogen) atoms. The third kappa shape index (κ3) is 4.45. The molecule has 0 saturated heterocycles. The number of hydrogen-bond donors (Lipinski definition) is 1. The van der Waals surface area contributed by atoms with E-state index in [-0.39, 0.29) is 5.82 Å². The third-order valence-corrected chi connectivity index (χ3v) is 3.72. The summed E-state index contributed by atoms with van der Waals surface area (Å²) in [6, 6.07) is 10.7. The summed E-state index contributed by atoms with van der Waals surface area (Å²) in [5.41, 5.74) is 3.26. The number of hydrogen-bond acceptors (Lipinski definition) is 2. The van der Waals surface area contributed by atoms with E-state index >= 15 is 0 Å². The van der Waals surface area contributed by atoms with Gasteiger partial charge in [-0.1, -0.05) is 23.7 Å². The third-order valence-electron chi connectivity index (χ3n) is 3.42. The van der Waals surface area contributed by atoms with Crippen LogP contribution in [0.4, 0.5) is 4.39 Å². The zero-order chi connectivity index (χ0) is 15.2. The van der Waals surface area contributed by atoms with Crippen LogP contribution in [0.2, 0.25) is 5.02 Å². The topological polar surface area (TPSA) is 21.3 Å². The normalized spacial score (nSPS) is 10.7. The Bertz CT molecular complexity index is 616. The Morgan fingerprint density at radius 2 is 2.00 bits per heavy atom. The van der Waals surface area contributed by atoms with Gasteiger partial charge in [0.25, 0.3) is 0 Å². The summed E-state index contributed by atoms with van der Waals surface area (Å²) in [5.74, 6) is 0.499. The molecule has 0 aliphatic carbocycles. The molecule has 2 rings (SSSR count). The van der Waals surface area contributed by atoms with Gasteiger partial charge in [-0.2, -0.15) is 0 Å². The largest absolute Gasteiger partial charge is 0.495 e. The van der Waals surface area contributed by atoms with Crippen molar-refractivity contribution in [3.63, 3.8) is 0 Å². The van der Waals surface area contributed by atoms with Gasteiger partial charge in [-0.3, -0.25) is 0 Å². The maximum absolute atomic E-state index is 13.0. The fraction of sp³-hybridized carbons (Fsp3) is 0.294. The number of nitrogens with one attached hydrogen (secondary N) is 1. The average Bonchev–Trinajstić information content (AvgIpc) is 2.45. The first-order valence-electron chi connectivity index (χ1n) is 6.88. The van der Waals surface area contributed by atoms with Crippen LogP contribution >= 0.6 is 11.6 Å². The Labute approximate surface area is 129 Å². The van der Waals surface area contributed by atoms with Crippen LogP contribution in [-0.2, 0) is 13.0 Å². The van der Waals surface area contributed by atoms with Gasteiger partial charge >= 0.3 is 0 Å². The molecule has 1 N–H and O–H groups in total. The van der Waals surface area contributed by atoms with E-state index in [4.69, 9.17) is 16.3 Å². The molecule has 0 fully saturated rings. The monoisotopic (exact) mass is 307 g/mol. The predicted octanol–water partition coefficient (Wildman–Crippen LogP) is 4.13. The summed E-state index contributed by atoms with van der Waals surface area (Å²) < 4.78 is 18.1. The van der Waals surface area contributed by atoms with Crippen molar-refractivity contribution in [3.8, 4) is 5.75 Å². The molecule has 0 aliphatic rings. The highest BCUT2D eigenvalue weighted by atomic mass is 35.5. The molecule has 2 aromatic rings. The highest BCUT2D eigenvalue weighted by molar-refractivity contribution is 6.32. The van der Waals surface area contributed by atoms with E-state index in [1.54, 1.807) is 13.2 Å². The van der Waals surface area contributed by atoms with E-state index in [0.29, 0.717) is 10.8 Å². The Morgan fingerprint density at radius 1 is 1.19 bits per heavy atom. The number of halogens is 2. The molecule has 2 nitrogen and oxygen atoms in total. The fourth-order valence-electron chi connectivity index (χ4n) is 2.22. The van der Waals surface area contributed by atoms with E-state index in [1.165, 1.54) is 6.07 Å². The zero-order valence-corrected chi connectivity index (χ0v) is 13.0. The van der Waals surface area contributed by atoms with Crippen molar-refractivity contribution < 1.29 is 9.13 Å². The molecule has 0 radical (unpaired) electrons. The molecule has 0 unspecified atom stereocenters. The number of methoxy groups -OCH3 is 1. The summed E-state index contributed by atoms with van der Waals surface area (Å²) in [6.45, 7) is 3.50. The van der Waals surface area contributed by atoms with Crippen molar-refractivity contribution in [3.05, 3.63) is 63.9 Å². The van der Waals surface area contributed by atoms with Crippen LogP contribution < -0.4 is 10.1 Å². The van der Waals surface area contributed by atoms with Crippen LogP contribution in [0, 0.1) is 12.7 Å². The first-order chi connectivity index (χ1) is 10.1. The van der Waals surface area contributed by atoms with Crippen molar-refractivity contribution in [1.82, 2.24) is 5.32 Å². The molecule has 0 saturated carbocycles. The van der Waals surface area contributed by atoms with Crippen molar-refractivity contribution in [2.45, 2.75) is 19.9 Å². The minimum atomic E-state index is -0.183. The second-order valence-corrected chi connectivity index (χ2v) is 5.37. The molecule has 0 aliphatic heterocycles. The number of benzene rings is 2. The fourth-order valence-corrected chi connectivity index (χ4v) is 2.50. The summed E-state index contributed by atoms with van der Waals surface area (Å²) in [5, 5.41) is 3.98. The second-order valence-electron chi connectivity index (χ2n) is 4.97. The van der Waals surface area contributed by atoms with Gasteiger partial charge in [-0.15, -0.1) is 0 Å². The van der Waals surface area contributed by atoms with Crippen molar-refractivity contribution in [2.75, 3.05) is 13.7 Å². The van der Waals surface area contributed by atoms with Gasteiger partial charge in [-0.25, -0.2) is 4.39 Å². The van der Waals surface area contributed by atoms with E-state index in [2.05, 4.69) is 5.32 Å². The minimum Gasteiger partial charge on any atom is -0.495 e. The molecule has 4 heteroatoms. The highest BCUT2D eigenvalue weighted by Gasteiger charge is 2.03. The maximum Gasteiger partial charge on any atom is 0.137 e. The average molecular weight is 308 g/mol. The molecular formula is C17H19ClFNO. The quantitative estimate of drug-likeness (QED) is 0.810. The van der Waals surface area contributed by atoms with Crippen LogP contribution in [0.1, 0.15) is 16.7 Å². The summed E-state index contributed by atoms with van der Waals surface area (Å²) >= 11 is 6.09. The summed E-state index contributed by atoms with van der Waals surface area (Å²) in [7, 11) is 1.60. The molecular weight excluding hydrogens is 289 g/mol. The van der Waals surface area contributed by atoms with E-state index in [1.807, 2.05) is 31.2 Å². The van der Waals surface area contributed by atoms with Gasteiger partial charge in [0, 0.05) is 6.54 Å². The van der Waals surface area contributed by atoms with Gasteiger partial charge in [0.05, 0.1) is 12.1 Å². The molecule has 112 valence electrons. The van der Waals surface area contributed by atoms with Gasteiger partial charge in [-0.05, 0) is 60.8 Å². The Kier molecular flexibility index (Phi) is 5.59. The maximum atomic E-state index is 13.0. The minimum absolute atomic E-state index is 0.183. The molecule has 0 bridgehead atoms. The van der Waals surface area contributed by atoms with Gasteiger partial charge in [0.1, 0.15) is 11.6 Å². The van der Waals surface area contributed by atoms with Crippen LogP contribution in [-0.4, -0.2) is 13.7 Å². The smallest absolute Gasteiger partial charge is 0.137 e. The van der Waals surface area contributed by atoms with Crippen molar-refractivity contribution >= 4 is 11.6 Å². The van der Waals surface area contributed by atoms with E-state index in [0.717, 1.165) is 36.2 Å². The van der Waals surface area contributed by atoms with Crippen LogP contribution in [0.15, 0.2) is 36.4 Å². The van der Waals surface area contributed by atoms with Gasteiger partial charge in [0.2, 0.25) is 0 Å². The van der Waals surface area contributed by atoms with Crippen LogP contribution in [0.3, 0.4) is 0 Å². The lowest BCUT2D eigenvalue weighted by atomic mass is 10.1. The first kappa shape index (κ1) is 15.8. The first-order valence-corrected chi connectivity index (χ1v) is 7.26. The lowest BCUT2D eigenvalue weighted by Crippen LogP contribution is -2.17. The van der Waals surface area contributed by atoms with E-state index in [9.17, 15) is 4.39 Å². The molecule has 0 atom stereocenters. The second kappa shape index (κ2) is 7.43. The van der Waals surface area contributed by atoms with Crippen molar-refractivity contribution in [2.24, 2.45) is 0 Å². The summed E-state index contributed by atoms with van der Waals surface area (Å²) in [6.07, 6.45) is 0.871. The SMILES string of the molecule is COc1ccc(CNCCc2ccc(F)cc2C)cc1Cl. The lowest BCUT2D eigenvalue weighted by Gasteiger charge is -2.09. The van der Waals surface area contributed by atoms with E-state index < -0.39 is 0 Å².